The van der Waals surface area contributed by atoms with Gasteiger partial charge in [0.2, 0.25) is 0 Å². The third-order valence-electron chi connectivity index (χ3n) is 3.31. The van der Waals surface area contributed by atoms with Gasteiger partial charge in [-0.05, 0) is 28.2 Å². The van der Waals surface area contributed by atoms with Gasteiger partial charge in [-0.2, -0.15) is 0 Å². The van der Waals surface area contributed by atoms with Gasteiger partial charge in [0.05, 0.1) is 25.8 Å². The highest BCUT2D eigenvalue weighted by molar-refractivity contribution is 14.2. The van der Waals surface area contributed by atoms with E-state index >= 15 is 0 Å². The molecule has 5 nitrogen and oxygen atoms in total. The highest BCUT2D eigenvalue weighted by Crippen LogP contribution is 2.25. The average molecular weight is 410 g/mol. The monoisotopic (exact) mass is 410 g/mol. The van der Waals surface area contributed by atoms with Crippen LogP contribution in [0.1, 0.15) is 19.1 Å². The minimum absolute atomic E-state index is 0.123. The van der Waals surface area contributed by atoms with Gasteiger partial charge in [-0.15, -0.1) is 0 Å². The Hall–Kier alpha value is -0.250. The lowest BCUT2D eigenvalue weighted by atomic mass is 10.1. The lowest BCUT2D eigenvalue weighted by Crippen LogP contribution is -2.51. The number of rotatable bonds is 6. The van der Waals surface area contributed by atoms with Crippen molar-refractivity contribution >= 4 is 36.3 Å². The van der Waals surface area contributed by atoms with E-state index in [2.05, 4.69) is 30.4 Å². The van der Waals surface area contributed by atoms with Crippen LogP contribution in [0.4, 0.5) is 0 Å². The van der Waals surface area contributed by atoms with Gasteiger partial charge in [-0.3, -0.25) is 9.69 Å². The van der Waals surface area contributed by atoms with Gasteiger partial charge in [0.15, 0.2) is 0 Å². The molecular weight excluding hydrogens is 391 g/mol. The third kappa shape index (κ3) is 4.64. The summed E-state index contributed by atoms with van der Waals surface area (Å²) in [6, 6.07) is 4.04. The maximum atomic E-state index is 11.8. The van der Waals surface area contributed by atoms with E-state index in [4.69, 9.17) is 9.15 Å². The van der Waals surface area contributed by atoms with E-state index in [1.165, 1.54) is 0 Å². The Kier molecular flexibility index (Phi) is 6.66. The van der Waals surface area contributed by atoms with Crippen molar-refractivity contribution < 1.29 is 13.9 Å². The molecule has 0 N–H and O–H groups in total. The van der Waals surface area contributed by atoms with Gasteiger partial charge in [0.25, 0.3) is 0 Å². The highest BCUT2D eigenvalue weighted by atomic mass is 127. The van der Waals surface area contributed by atoms with Crippen LogP contribution in [0.5, 0.6) is 0 Å². The van der Waals surface area contributed by atoms with Crippen LogP contribution in [0.2, 0.25) is 0 Å². The lowest BCUT2D eigenvalue weighted by molar-refractivity contribution is -0.145. The van der Waals surface area contributed by atoms with Crippen molar-refractivity contribution in [1.82, 2.24) is 9.21 Å². The Morgan fingerprint density at radius 3 is 3.10 bits per heavy atom. The zero-order valence-corrected chi connectivity index (χ0v) is 14.4. The van der Waals surface area contributed by atoms with Crippen LogP contribution in [0.3, 0.4) is 0 Å². The fourth-order valence-electron chi connectivity index (χ4n) is 2.34. The Balaban J connectivity index is 1.97. The van der Waals surface area contributed by atoms with E-state index in [0.717, 1.165) is 31.9 Å². The van der Waals surface area contributed by atoms with Gasteiger partial charge in [-0.25, -0.2) is 4.31 Å². The molecule has 112 valence electrons. The normalized spacial score (nSPS) is 21.0. The Morgan fingerprint density at radius 2 is 2.45 bits per heavy atom. The number of hydrogen-bond acceptors (Lipinski definition) is 6. The molecule has 1 saturated heterocycles. The molecule has 0 aliphatic carbocycles. The molecule has 2 rings (SSSR count). The minimum Gasteiger partial charge on any atom is -0.468 e. The maximum absolute atomic E-state index is 11.8. The molecule has 1 unspecified atom stereocenters. The average Bonchev–Trinajstić information content (AvgIpc) is 2.94. The van der Waals surface area contributed by atoms with Crippen molar-refractivity contribution in [2.24, 2.45) is 0 Å². The summed E-state index contributed by atoms with van der Waals surface area (Å²) in [4.78, 5) is 14.1. The standard InChI is InChI=1S/C13H19IN2O3S/c1-2-18-13(17)8-11-9-16(20-14)6-5-15(11)10-12-4-3-7-19-12/h3-4,7,11H,2,5-6,8-10H2,1H3. The fourth-order valence-corrected chi connectivity index (χ4v) is 3.80. The number of piperazine rings is 1. The first-order valence-corrected chi connectivity index (χ1v) is 10.00. The summed E-state index contributed by atoms with van der Waals surface area (Å²) in [6.07, 6.45) is 2.12. The van der Waals surface area contributed by atoms with Gasteiger partial charge in [0, 0.05) is 46.9 Å². The van der Waals surface area contributed by atoms with E-state index in [0.29, 0.717) is 13.0 Å². The molecule has 1 aromatic heterocycles. The first-order chi connectivity index (χ1) is 9.72. The van der Waals surface area contributed by atoms with Crippen molar-refractivity contribution in [3.8, 4) is 0 Å². The minimum atomic E-state index is -0.123. The zero-order chi connectivity index (χ0) is 14.4. The van der Waals surface area contributed by atoms with Gasteiger partial charge in [0.1, 0.15) is 5.76 Å². The number of carbonyl (C=O) groups excluding carboxylic acids is 1. The quantitative estimate of drug-likeness (QED) is 0.408. The van der Waals surface area contributed by atoms with Crippen molar-refractivity contribution in [2.75, 3.05) is 26.2 Å². The summed E-state index contributed by atoms with van der Waals surface area (Å²) in [5.74, 6) is 0.816. The fraction of sp³-hybridized carbons (Fsp3) is 0.615. The molecule has 1 atom stereocenters. The molecule has 1 aliphatic heterocycles. The topological polar surface area (TPSA) is 45.9 Å². The molecule has 1 fully saturated rings. The number of esters is 1. The Bertz CT molecular complexity index is 416. The number of carbonyl (C=O) groups is 1. The van der Waals surface area contributed by atoms with E-state index in [9.17, 15) is 4.79 Å². The van der Waals surface area contributed by atoms with Crippen LogP contribution in [-0.4, -0.2) is 47.5 Å². The van der Waals surface area contributed by atoms with E-state index < -0.39 is 0 Å². The molecule has 1 aromatic rings. The van der Waals surface area contributed by atoms with E-state index in [1.54, 1.807) is 15.4 Å². The second-order valence-corrected chi connectivity index (χ2v) is 6.51. The van der Waals surface area contributed by atoms with Gasteiger partial charge >= 0.3 is 5.97 Å². The van der Waals surface area contributed by atoms with Crippen molar-refractivity contribution in [1.29, 1.82) is 0 Å². The molecule has 0 bridgehead atoms. The first kappa shape index (κ1) is 16.1. The van der Waals surface area contributed by atoms with Crippen LogP contribution in [0.25, 0.3) is 0 Å². The molecular formula is C13H19IN2O3S. The van der Waals surface area contributed by atoms with Crippen molar-refractivity contribution in [2.45, 2.75) is 25.9 Å². The Morgan fingerprint density at radius 1 is 1.60 bits per heavy atom. The van der Waals surface area contributed by atoms with Gasteiger partial charge < -0.3 is 9.15 Å². The summed E-state index contributed by atoms with van der Waals surface area (Å²) in [7, 11) is 1.70. The molecule has 20 heavy (non-hydrogen) atoms. The van der Waals surface area contributed by atoms with Crippen molar-refractivity contribution in [3.63, 3.8) is 0 Å². The van der Waals surface area contributed by atoms with E-state index in [1.807, 2.05) is 19.1 Å². The highest BCUT2D eigenvalue weighted by Gasteiger charge is 2.29. The molecule has 2 heterocycles. The van der Waals surface area contributed by atoms with Crippen LogP contribution < -0.4 is 0 Å². The summed E-state index contributed by atoms with van der Waals surface area (Å²) >= 11 is 2.29. The molecule has 0 spiro atoms. The maximum Gasteiger partial charge on any atom is 0.307 e. The number of halogens is 1. The summed E-state index contributed by atoms with van der Waals surface area (Å²) in [6.45, 7) is 5.82. The molecule has 0 saturated carbocycles. The predicted molar refractivity (Wildman–Crippen MR) is 87.3 cm³/mol. The largest absolute Gasteiger partial charge is 0.468 e. The number of nitrogens with zero attached hydrogens (tertiary/aromatic N) is 2. The summed E-state index contributed by atoms with van der Waals surface area (Å²) in [5.41, 5.74) is 0. The molecule has 7 heteroatoms. The van der Waals surface area contributed by atoms with Crippen LogP contribution in [0, 0.1) is 0 Å². The molecule has 0 amide bonds. The smallest absolute Gasteiger partial charge is 0.307 e. The van der Waals surface area contributed by atoms with Gasteiger partial charge in [-0.1, -0.05) is 0 Å². The zero-order valence-electron chi connectivity index (χ0n) is 11.5. The SMILES string of the molecule is CCOC(=O)CC1CN(SI)CCN1Cc1ccco1. The van der Waals surface area contributed by atoms with Crippen LogP contribution in [-0.2, 0) is 16.1 Å². The van der Waals surface area contributed by atoms with Crippen molar-refractivity contribution in [3.05, 3.63) is 24.2 Å². The van der Waals surface area contributed by atoms with Crippen LogP contribution >= 0.6 is 30.3 Å². The first-order valence-electron chi connectivity index (χ1n) is 6.68. The van der Waals surface area contributed by atoms with Crippen LogP contribution in [0.15, 0.2) is 22.8 Å². The Labute approximate surface area is 135 Å². The molecule has 1 aliphatic rings. The molecule has 0 aromatic carbocycles. The summed E-state index contributed by atoms with van der Waals surface area (Å²) < 4.78 is 12.8. The third-order valence-corrected chi connectivity index (χ3v) is 5.51. The second kappa shape index (κ2) is 8.26. The number of ether oxygens (including phenoxy) is 1. The molecule has 0 radical (unpaired) electrons. The summed E-state index contributed by atoms with van der Waals surface area (Å²) in [5, 5.41) is 0. The lowest BCUT2D eigenvalue weighted by Gasteiger charge is -2.39. The van der Waals surface area contributed by atoms with E-state index in [-0.39, 0.29) is 12.0 Å². The predicted octanol–water partition coefficient (Wildman–Crippen LogP) is 2.72. The number of furan rings is 1. The number of hydrogen-bond donors (Lipinski definition) is 0. The second-order valence-electron chi connectivity index (χ2n) is 4.67.